The molecular formula is C12H17N3S. The number of rotatable bonds is 4. The zero-order valence-electron chi connectivity index (χ0n) is 9.73. The van der Waals surface area contributed by atoms with Gasteiger partial charge in [0.25, 0.3) is 0 Å². The van der Waals surface area contributed by atoms with Crippen molar-refractivity contribution in [1.29, 1.82) is 0 Å². The third-order valence-electron chi connectivity index (χ3n) is 2.72. The standard InChI is InChI=1S/C12H17N3S/c1-3-15(4-2)9-5-6-10-11(7-9)16-12(8-13)14-10/h5-7H,3-4,8,13H2,1-2H3. The first-order chi connectivity index (χ1) is 7.78. The lowest BCUT2D eigenvalue weighted by atomic mass is 10.2. The highest BCUT2D eigenvalue weighted by Crippen LogP contribution is 2.26. The van der Waals surface area contributed by atoms with Gasteiger partial charge in [0, 0.05) is 25.3 Å². The molecule has 0 spiro atoms. The number of anilines is 1. The first-order valence-corrected chi connectivity index (χ1v) is 6.44. The topological polar surface area (TPSA) is 42.2 Å². The zero-order valence-corrected chi connectivity index (χ0v) is 10.5. The molecule has 1 aromatic heterocycles. The molecule has 0 saturated carbocycles. The number of aromatic nitrogens is 1. The van der Waals surface area contributed by atoms with Crippen molar-refractivity contribution in [3.05, 3.63) is 23.2 Å². The van der Waals surface area contributed by atoms with Gasteiger partial charge in [-0.25, -0.2) is 4.98 Å². The summed E-state index contributed by atoms with van der Waals surface area (Å²) in [4.78, 5) is 6.79. The highest BCUT2D eigenvalue weighted by atomic mass is 32.1. The Hall–Kier alpha value is -1.13. The minimum atomic E-state index is 0.528. The van der Waals surface area contributed by atoms with Crippen LogP contribution >= 0.6 is 11.3 Å². The SMILES string of the molecule is CCN(CC)c1ccc2nc(CN)sc2c1. The van der Waals surface area contributed by atoms with Crippen molar-refractivity contribution in [1.82, 2.24) is 4.98 Å². The molecule has 16 heavy (non-hydrogen) atoms. The molecule has 0 unspecified atom stereocenters. The van der Waals surface area contributed by atoms with Crippen LogP contribution in [0.5, 0.6) is 0 Å². The van der Waals surface area contributed by atoms with Gasteiger partial charge in [-0.05, 0) is 32.0 Å². The fraction of sp³-hybridized carbons (Fsp3) is 0.417. The highest BCUT2D eigenvalue weighted by molar-refractivity contribution is 7.18. The summed E-state index contributed by atoms with van der Waals surface area (Å²) in [6.07, 6.45) is 0. The number of fused-ring (bicyclic) bond motifs is 1. The van der Waals surface area contributed by atoms with E-state index in [1.165, 1.54) is 10.4 Å². The molecule has 3 nitrogen and oxygen atoms in total. The van der Waals surface area contributed by atoms with Gasteiger partial charge in [0.1, 0.15) is 5.01 Å². The van der Waals surface area contributed by atoms with E-state index in [9.17, 15) is 0 Å². The summed E-state index contributed by atoms with van der Waals surface area (Å²) in [6, 6.07) is 6.42. The van der Waals surface area contributed by atoms with E-state index in [4.69, 9.17) is 5.73 Å². The Kier molecular flexibility index (Phi) is 3.41. The van der Waals surface area contributed by atoms with Crippen LogP contribution < -0.4 is 10.6 Å². The molecule has 0 aliphatic carbocycles. The van der Waals surface area contributed by atoms with Crippen molar-refractivity contribution in [3.8, 4) is 0 Å². The lowest BCUT2D eigenvalue weighted by Crippen LogP contribution is -2.21. The second kappa shape index (κ2) is 4.80. The second-order valence-electron chi connectivity index (χ2n) is 3.64. The summed E-state index contributed by atoms with van der Waals surface area (Å²) in [5, 5.41) is 1.01. The molecule has 0 saturated heterocycles. The van der Waals surface area contributed by atoms with Crippen LogP contribution in [0, 0.1) is 0 Å². The van der Waals surface area contributed by atoms with Gasteiger partial charge in [0.2, 0.25) is 0 Å². The fourth-order valence-electron chi connectivity index (χ4n) is 1.83. The molecule has 2 N–H and O–H groups in total. The van der Waals surface area contributed by atoms with E-state index in [0.29, 0.717) is 6.54 Å². The predicted octanol–water partition coefficient (Wildman–Crippen LogP) is 2.60. The first kappa shape index (κ1) is 11.4. The van der Waals surface area contributed by atoms with Crippen LogP contribution in [0.1, 0.15) is 18.9 Å². The molecule has 0 aliphatic heterocycles. The van der Waals surface area contributed by atoms with E-state index >= 15 is 0 Å². The van der Waals surface area contributed by atoms with Crippen LogP contribution in [-0.2, 0) is 6.54 Å². The molecule has 1 aromatic carbocycles. The van der Waals surface area contributed by atoms with Gasteiger partial charge in [-0.2, -0.15) is 0 Å². The van der Waals surface area contributed by atoms with Crippen molar-refractivity contribution in [2.45, 2.75) is 20.4 Å². The predicted molar refractivity (Wildman–Crippen MR) is 71.1 cm³/mol. The average Bonchev–Trinajstić information content (AvgIpc) is 2.73. The molecule has 2 aromatic rings. The fourth-order valence-corrected chi connectivity index (χ4v) is 2.71. The average molecular weight is 235 g/mol. The van der Waals surface area contributed by atoms with Gasteiger partial charge in [0.15, 0.2) is 0 Å². The minimum absolute atomic E-state index is 0.528. The Morgan fingerprint density at radius 3 is 2.69 bits per heavy atom. The quantitative estimate of drug-likeness (QED) is 0.885. The van der Waals surface area contributed by atoms with E-state index in [1.807, 2.05) is 0 Å². The maximum atomic E-state index is 5.60. The summed E-state index contributed by atoms with van der Waals surface area (Å²) in [5.41, 5.74) is 7.93. The zero-order chi connectivity index (χ0) is 11.5. The number of nitrogens with two attached hydrogens (primary N) is 1. The molecule has 0 amide bonds. The summed E-state index contributed by atoms with van der Waals surface area (Å²) < 4.78 is 1.23. The summed E-state index contributed by atoms with van der Waals surface area (Å²) in [5.74, 6) is 0. The first-order valence-electron chi connectivity index (χ1n) is 5.63. The third-order valence-corrected chi connectivity index (χ3v) is 3.76. The van der Waals surface area contributed by atoms with E-state index in [1.54, 1.807) is 11.3 Å². The molecule has 0 aliphatic rings. The molecular weight excluding hydrogens is 218 g/mol. The van der Waals surface area contributed by atoms with E-state index in [2.05, 4.69) is 41.9 Å². The Bertz CT molecular complexity index is 474. The molecule has 0 bridgehead atoms. The van der Waals surface area contributed by atoms with Gasteiger partial charge in [-0.15, -0.1) is 11.3 Å². The minimum Gasteiger partial charge on any atom is -0.372 e. The summed E-state index contributed by atoms with van der Waals surface area (Å²) >= 11 is 1.69. The van der Waals surface area contributed by atoms with E-state index in [0.717, 1.165) is 23.6 Å². The maximum Gasteiger partial charge on any atom is 0.107 e. The van der Waals surface area contributed by atoms with Crippen molar-refractivity contribution < 1.29 is 0 Å². The monoisotopic (exact) mass is 235 g/mol. The van der Waals surface area contributed by atoms with Crippen LogP contribution in [0.25, 0.3) is 10.2 Å². The van der Waals surface area contributed by atoms with Crippen molar-refractivity contribution in [2.24, 2.45) is 5.73 Å². The Labute approximate surface area is 99.9 Å². The van der Waals surface area contributed by atoms with E-state index < -0.39 is 0 Å². The van der Waals surface area contributed by atoms with Crippen LogP contribution in [0.3, 0.4) is 0 Å². The van der Waals surface area contributed by atoms with Crippen molar-refractivity contribution >= 4 is 27.2 Å². The molecule has 1 heterocycles. The van der Waals surface area contributed by atoms with E-state index in [-0.39, 0.29) is 0 Å². The number of hydrogen-bond acceptors (Lipinski definition) is 4. The molecule has 0 radical (unpaired) electrons. The lowest BCUT2D eigenvalue weighted by Gasteiger charge is -2.20. The van der Waals surface area contributed by atoms with Gasteiger partial charge < -0.3 is 10.6 Å². The Morgan fingerprint density at radius 2 is 2.06 bits per heavy atom. The normalized spacial score (nSPS) is 10.9. The van der Waals surface area contributed by atoms with Crippen LogP contribution in [0.4, 0.5) is 5.69 Å². The molecule has 86 valence electrons. The number of benzene rings is 1. The maximum absolute atomic E-state index is 5.60. The molecule has 0 atom stereocenters. The Morgan fingerprint density at radius 1 is 1.31 bits per heavy atom. The molecule has 0 fully saturated rings. The molecule has 2 rings (SSSR count). The van der Waals surface area contributed by atoms with Crippen molar-refractivity contribution in [3.63, 3.8) is 0 Å². The second-order valence-corrected chi connectivity index (χ2v) is 4.75. The van der Waals surface area contributed by atoms with Gasteiger partial charge >= 0.3 is 0 Å². The number of nitrogens with zero attached hydrogens (tertiary/aromatic N) is 2. The summed E-state index contributed by atoms with van der Waals surface area (Å²) in [6.45, 7) is 6.94. The van der Waals surface area contributed by atoms with Gasteiger partial charge in [-0.3, -0.25) is 0 Å². The highest BCUT2D eigenvalue weighted by Gasteiger charge is 2.06. The van der Waals surface area contributed by atoms with Gasteiger partial charge in [-0.1, -0.05) is 0 Å². The lowest BCUT2D eigenvalue weighted by molar-refractivity contribution is 0.867. The van der Waals surface area contributed by atoms with Crippen LogP contribution in [-0.4, -0.2) is 18.1 Å². The summed E-state index contributed by atoms with van der Waals surface area (Å²) in [7, 11) is 0. The van der Waals surface area contributed by atoms with Crippen LogP contribution in [0.2, 0.25) is 0 Å². The van der Waals surface area contributed by atoms with Crippen molar-refractivity contribution in [2.75, 3.05) is 18.0 Å². The Balaban J connectivity index is 2.42. The number of hydrogen-bond donors (Lipinski definition) is 1. The molecule has 4 heteroatoms. The van der Waals surface area contributed by atoms with Gasteiger partial charge in [0.05, 0.1) is 10.2 Å². The third kappa shape index (κ3) is 2.03. The number of thiazole rings is 1. The van der Waals surface area contributed by atoms with Crippen LogP contribution in [0.15, 0.2) is 18.2 Å². The smallest absolute Gasteiger partial charge is 0.107 e. The largest absolute Gasteiger partial charge is 0.372 e.